The fourth-order valence-corrected chi connectivity index (χ4v) is 2.66. The molecule has 6 heteroatoms. The van der Waals surface area contributed by atoms with Crippen molar-refractivity contribution in [2.45, 2.75) is 32.9 Å². The van der Waals surface area contributed by atoms with Crippen LogP contribution in [0.4, 0.5) is 0 Å². The van der Waals surface area contributed by atoms with Crippen molar-refractivity contribution < 1.29 is 14.3 Å². The lowest BCUT2D eigenvalue weighted by Crippen LogP contribution is -2.41. The van der Waals surface area contributed by atoms with E-state index in [-0.39, 0.29) is 5.91 Å². The predicted octanol–water partition coefficient (Wildman–Crippen LogP) is 2.46. The first kappa shape index (κ1) is 17.8. The van der Waals surface area contributed by atoms with Gasteiger partial charge < -0.3 is 20.5 Å². The number of nitrogens with two attached hydrogens (primary N) is 1. The Balaban J connectivity index is 2.72. The molecule has 1 aromatic carbocycles. The van der Waals surface area contributed by atoms with E-state index in [2.05, 4.69) is 21.2 Å². The molecule has 1 aromatic rings. The molecule has 5 nitrogen and oxygen atoms in total. The molecular weight excluding hydrogens is 336 g/mol. The molecule has 3 N–H and O–H groups in total. The molecule has 118 valence electrons. The number of carbonyl (C=O) groups is 1. The summed E-state index contributed by atoms with van der Waals surface area (Å²) in [6.45, 7) is 4.47. The van der Waals surface area contributed by atoms with Gasteiger partial charge in [-0.3, -0.25) is 4.79 Å². The summed E-state index contributed by atoms with van der Waals surface area (Å²) < 4.78 is 11.3. The van der Waals surface area contributed by atoms with Gasteiger partial charge in [0.05, 0.1) is 24.7 Å². The third-order valence-corrected chi connectivity index (χ3v) is 3.61. The summed E-state index contributed by atoms with van der Waals surface area (Å²) >= 11 is 3.43. The number of carbonyl (C=O) groups excluding carboxylic acids is 1. The van der Waals surface area contributed by atoms with Gasteiger partial charge in [-0.15, -0.1) is 0 Å². The maximum atomic E-state index is 11.9. The van der Waals surface area contributed by atoms with E-state index in [1.54, 1.807) is 14.2 Å². The van der Waals surface area contributed by atoms with Gasteiger partial charge in [0, 0.05) is 6.54 Å². The molecule has 0 saturated heterocycles. The van der Waals surface area contributed by atoms with E-state index in [0.29, 0.717) is 30.4 Å². The molecule has 0 fully saturated rings. The lowest BCUT2D eigenvalue weighted by Gasteiger charge is -2.15. The first-order chi connectivity index (χ1) is 9.88. The lowest BCUT2D eigenvalue weighted by atomic mass is 10.0. The molecule has 0 aliphatic carbocycles. The Morgan fingerprint density at radius 2 is 2.00 bits per heavy atom. The molecule has 1 rings (SSSR count). The van der Waals surface area contributed by atoms with Crippen LogP contribution in [0.25, 0.3) is 0 Å². The van der Waals surface area contributed by atoms with Crippen LogP contribution in [0.1, 0.15) is 25.8 Å². The van der Waals surface area contributed by atoms with Crippen molar-refractivity contribution in [3.63, 3.8) is 0 Å². The fourth-order valence-electron chi connectivity index (χ4n) is 2.01. The van der Waals surface area contributed by atoms with Gasteiger partial charge in [-0.2, -0.15) is 0 Å². The molecule has 0 aromatic heterocycles. The first-order valence-corrected chi connectivity index (χ1v) is 7.62. The van der Waals surface area contributed by atoms with Crippen molar-refractivity contribution in [3.05, 3.63) is 22.2 Å². The summed E-state index contributed by atoms with van der Waals surface area (Å²) in [7, 11) is 3.15. The van der Waals surface area contributed by atoms with Gasteiger partial charge in [-0.25, -0.2) is 0 Å². The minimum absolute atomic E-state index is 0.144. The van der Waals surface area contributed by atoms with Gasteiger partial charge in [0.25, 0.3) is 0 Å². The SMILES string of the molecule is COc1cc(CNC(=O)[C@@H](N)CC(C)C)cc(Br)c1OC. The zero-order valence-electron chi connectivity index (χ0n) is 12.9. The van der Waals surface area contributed by atoms with Gasteiger partial charge in [0.1, 0.15) is 0 Å². The monoisotopic (exact) mass is 358 g/mol. The highest BCUT2D eigenvalue weighted by Crippen LogP contribution is 2.36. The van der Waals surface area contributed by atoms with Gasteiger partial charge in [0.2, 0.25) is 5.91 Å². The van der Waals surface area contributed by atoms with Crippen LogP contribution in [0, 0.1) is 5.92 Å². The van der Waals surface area contributed by atoms with Crippen molar-refractivity contribution in [2.24, 2.45) is 11.7 Å². The number of halogens is 1. The summed E-state index contributed by atoms with van der Waals surface area (Å²) in [5, 5.41) is 2.84. The summed E-state index contributed by atoms with van der Waals surface area (Å²) in [5.74, 6) is 1.49. The number of ether oxygens (including phenoxy) is 2. The van der Waals surface area contributed by atoms with Gasteiger partial charge in [-0.1, -0.05) is 13.8 Å². The van der Waals surface area contributed by atoms with Crippen LogP contribution in [0.5, 0.6) is 11.5 Å². The first-order valence-electron chi connectivity index (χ1n) is 6.82. The molecule has 0 heterocycles. The van der Waals surface area contributed by atoms with Crippen LogP contribution in [0.2, 0.25) is 0 Å². The van der Waals surface area contributed by atoms with E-state index in [9.17, 15) is 4.79 Å². The molecule has 0 aliphatic rings. The highest BCUT2D eigenvalue weighted by atomic mass is 79.9. The normalized spacial score (nSPS) is 12.1. The van der Waals surface area contributed by atoms with Crippen LogP contribution >= 0.6 is 15.9 Å². The Morgan fingerprint density at radius 3 is 2.52 bits per heavy atom. The second kappa shape index (κ2) is 8.24. The predicted molar refractivity (Wildman–Crippen MR) is 86.5 cm³/mol. The molecule has 21 heavy (non-hydrogen) atoms. The quantitative estimate of drug-likeness (QED) is 0.784. The Kier molecular flexibility index (Phi) is 6.98. The molecule has 1 amide bonds. The van der Waals surface area contributed by atoms with Crippen LogP contribution in [0.3, 0.4) is 0 Å². The number of benzene rings is 1. The van der Waals surface area contributed by atoms with Crippen LogP contribution in [-0.4, -0.2) is 26.2 Å². The van der Waals surface area contributed by atoms with E-state index in [0.717, 1.165) is 10.0 Å². The zero-order valence-corrected chi connectivity index (χ0v) is 14.5. The second-order valence-corrected chi connectivity index (χ2v) is 6.12. The maximum Gasteiger partial charge on any atom is 0.237 e. The molecule has 1 atom stereocenters. The minimum Gasteiger partial charge on any atom is -0.493 e. The third-order valence-electron chi connectivity index (χ3n) is 3.02. The largest absolute Gasteiger partial charge is 0.493 e. The smallest absolute Gasteiger partial charge is 0.237 e. The number of hydrogen-bond acceptors (Lipinski definition) is 4. The number of rotatable bonds is 7. The molecular formula is C15H23BrN2O3. The van der Waals surface area contributed by atoms with E-state index < -0.39 is 6.04 Å². The molecule has 0 bridgehead atoms. The van der Waals surface area contributed by atoms with E-state index in [1.807, 2.05) is 26.0 Å². The average molecular weight is 359 g/mol. The fraction of sp³-hybridized carbons (Fsp3) is 0.533. The summed E-state index contributed by atoms with van der Waals surface area (Å²) in [6, 6.07) is 3.24. The Labute approximate surface area is 134 Å². The maximum absolute atomic E-state index is 11.9. The highest BCUT2D eigenvalue weighted by molar-refractivity contribution is 9.10. The van der Waals surface area contributed by atoms with Gasteiger partial charge >= 0.3 is 0 Å². The van der Waals surface area contributed by atoms with Gasteiger partial charge in [0.15, 0.2) is 11.5 Å². The Bertz CT molecular complexity index is 492. The zero-order chi connectivity index (χ0) is 16.0. The van der Waals surface area contributed by atoms with Crippen LogP contribution in [-0.2, 0) is 11.3 Å². The number of nitrogens with one attached hydrogen (secondary N) is 1. The highest BCUT2D eigenvalue weighted by Gasteiger charge is 2.15. The van der Waals surface area contributed by atoms with E-state index in [4.69, 9.17) is 15.2 Å². The summed E-state index contributed by atoms with van der Waals surface area (Å²) in [6.07, 6.45) is 0.668. The Hall–Kier alpha value is -1.27. The Morgan fingerprint density at radius 1 is 1.33 bits per heavy atom. The third kappa shape index (κ3) is 5.21. The van der Waals surface area contributed by atoms with Crippen molar-refractivity contribution in [2.75, 3.05) is 14.2 Å². The molecule has 0 saturated carbocycles. The molecule has 0 aliphatic heterocycles. The topological polar surface area (TPSA) is 73.6 Å². The van der Waals surface area contributed by atoms with Gasteiger partial charge in [-0.05, 0) is 46.0 Å². The van der Waals surface area contributed by atoms with Crippen molar-refractivity contribution in [1.29, 1.82) is 0 Å². The second-order valence-electron chi connectivity index (χ2n) is 5.27. The average Bonchev–Trinajstić information content (AvgIpc) is 2.43. The van der Waals surface area contributed by atoms with Crippen molar-refractivity contribution in [1.82, 2.24) is 5.32 Å². The molecule has 0 spiro atoms. The number of methoxy groups -OCH3 is 2. The molecule has 0 unspecified atom stereocenters. The van der Waals surface area contributed by atoms with Crippen molar-refractivity contribution >= 4 is 21.8 Å². The van der Waals surface area contributed by atoms with Crippen LogP contribution < -0.4 is 20.5 Å². The van der Waals surface area contributed by atoms with Crippen LogP contribution in [0.15, 0.2) is 16.6 Å². The van der Waals surface area contributed by atoms with E-state index >= 15 is 0 Å². The van der Waals surface area contributed by atoms with E-state index in [1.165, 1.54) is 0 Å². The standard InChI is InChI=1S/C15H23BrN2O3/c1-9(2)5-12(17)15(19)18-8-10-6-11(16)14(21-4)13(7-10)20-3/h6-7,9,12H,5,8,17H2,1-4H3,(H,18,19)/t12-/m0/s1. The summed E-state index contributed by atoms with van der Waals surface area (Å²) in [5.41, 5.74) is 6.75. The van der Waals surface area contributed by atoms with Crippen molar-refractivity contribution in [3.8, 4) is 11.5 Å². The summed E-state index contributed by atoms with van der Waals surface area (Å²) in [4.78, 5) is 11.9. The lowest BCUT2D eigenvalue weighted by molar-refractivity contribution is -0.122. The molecule has 0 radical (unpaired) electrons. The number of amides is 1. The number of hydrogen-bond donors (Lipinski definition) is 2. The minimum atomic E-state index is -0.478.